The van der Waals surface area contributed by atoms with Crippen molar-refractivity contribution < 1.29 is 18.4 Å². The van der Waals surface area contributed by atoms with E-state index in [9.17, 15) is 14.0 Å². The Kier molecular flexibility index (Phi) is 8.26. The summed E-state index contributed by atoms with van der Waals surface area (Å²) in [5.74, 6) is -1.36. The summed E-state index contributed by atoms with van der Waals surface area (Å²) in [5.41, 5.74) is 4.90. The highest BCUT2D eigenvalue weighted by Gasteiger charge is 2.38. The number of fused-ring (bicyclic) bond motifs is 1. The van der Waals surface area contributed by atoms with Crippen LogP contribution in [0.3, 0.4) is 0 Å². The van der Waals surface area contributed by atoms with Crippen molar-refractivity contribution in [3.8, 4) is 16.9 Å². The number of nitrogens with zero attached hydrogens (tertiary/aromatic N) is 3. The van der Waals surface area contributed by atoms with E-state index in [4.69, 9.17) is 5.10 Å². The Balaban J connectivity index is 1.80. The SMILES string of the molecule is Cc1ccc(-n2nc(-c3ccccc3)c3c2N(CC(=O)NCC(C)C)C(=O)CS[C@H]3c2ccc(F)cc2F)c(C)c1. The highest BCUT2D eigenvalue weighted by molar-refractivity contribution is 8.00. The van der Waals surface area contributed by atoms with Crippen LogP contribution in [0.5, 0.6) is 0 Å². The molecule has 0 fully saturated rings. The van der Waals surface area contributed by atoms with Crippen LogP contribution in [-0.4, -0.2) is 40.4 Å². The first kappa shape index (κ1) is 28.5. The Bertz CT molecular complexity index is 1600. The van der Waals surface area contributed by atoms with Gasteiger partial charge in [-0.25, -0.2) is 13.5 Å². The van der Waals surface area contributed by atoms with Gasteiger partial charge in [0, 0.05) is 29.3 Å². The highest BCUT2D eigenvalue weighted by atomic mass is 32.2. The number of carbonyl (C=O) groups is 2. The van der Waals surface area contributed by atoms with E-state index in [0.717, 1.165) is 28.4 Å². The van der Waals surface area contributed by atoms with Gasteiger partial charge in [-0.1, -0.05) is 67.9 Å². The lowest BCUT2D eigenvalue weighted by molar-refractivity contribution is -0.123. The summed E-state index contributed by atoms with van der Waals surface area (Å²) in [6.07, 6.45) is 0. The van der Waals surface area contributed by atoms with Crippen LogP contribution in [0.4, 0.5) is 14.6 Å². The average molecular weight is 575 g/mol. The second-order valence-electron chi connectivity index (χ2n) is 10.7. The maximum Gasteiger partial charge on any atom is 0.240 e. The summed E-state index contributed by atoms with van der Waals surface area (Å²) in [5, 5.41) is 7.25. The Morgan fingerprint density at radius 3 is 2.51 bits per heavy atom. The lowest BCUT2D eigenvalue weighted by Crippen LogP contribution is -2.43. The van der Waals surface area contributed by atoms with E-state index in [0.29, 0.717) is 23.6 Å². The molecule has 1 atom stereocenters. The summed E-state index contributed by atoms with van der Waals surface area (Å²) < 4.78 is 31.0. The van der Waals surface area contributed by atoms with Gasteiger partial charge in [0.05, 0.1) is 22.4 Å². The third kappa shape index (κ3) is 5.91. The fourth-order valence-electron chi connectivity index (χ4n) is 5.02. The number of benzene rings is 3. The minimum absolute atomic E-state index is 0.00522. The van der Waals surface area contributed by atoms with Crippen molar-refractivity contribution in [3.63, 3.8) is 0 Å². The molecule has 2 amide bonds. The molecule has 1 N–H and O–H groups in total. The minimum atomic E-state index is -0.706. The van der Waals surface area contributed by atoms with Gasteiger partial charge in [0.15, 0.2) is 0 Å². The van der Waals surface area contributed by atoms with Crippen LogP contribution in [0.25, 0.3) is 16.9 Å². The molecule has 1 aliphatic heterocycles. The van der Waals surface area contributed by atoms with Crippen LogP contribution < -0.4 is 10.2 Å². The fraction of sp³-hybridized carbons (Fsp3) is 0.281. The predicted octanol–water partition coefficient (Wildman–Crippen LogP) is 6.38. The fourth-order valence-corrected chi connectivity index (χ4v) is 6.24. The number of carbonyl (C=O) groups excluding carboxylic acids is 2. The largest absolute Gasteiger partial charge is 0.354 e. The molecule has 0 unspecified atom stereocenters. The summed E-state index contributed by atoms with van der Waals surface area (Å²) >= 11 is 1.24. The molecule has 0 saturated carbocycles. The third-order valence-corrected chi connectivity index (χ3v) is 8.21. The van der Waals surface area contributed by atoms with Crippen molar-refractivity contribution in [1.82, 2.24) is 15.1 Å². The predicted molar refractivity (Wildman–Crippen MR) is 159 cm³/mol. The first-order chi connectivity index (χ1) is 19.6. The molecule has 2 heterocycles. The third-order valence-electron chi connectivity index (χ3n) is 6.97. The molecule has 9 heteroatoms. The van der Waals surface area contributed by atoms with E-state index in [-0.39, 0.29) is 35.6 Å². The monoisotopic (exact) mass is 574 g/mol. The molecule has 6 nitrogen and oxygen atoms in total. The van der Waals surface area contributed by atoms with Gasteiger partial charge in [0.2, 0.25) is 11.8 Å². The Labute approximate surface area is 242 Å². The number of aromatic nitrogens is 2. The highest BCUT2D eigenvalue weighted by Crippen LogP contribution is 2.49. The van der Waals surface area contributed by atoms with Gasteiger partial charge in [-0.05, 0) is 37.5 Å². The standard InChI is InChI=1S/C32H32F2N4O2S/c1-19(2)16-35-27(39)17-37-28(40)18-41-31(24-12-11-23(33)15-25(24)34)29-30(22-8-6-5-7-9-22)36-38(32(29)37)26-13-10-20(3)14-21(26)4/h5-15,19,31H,16-18H2,1-4H3,(H,35,39)/t31-/m0/s1. The number of hydrogen-bond donors (Lipinski definition) is 1. The van der Waals surface area contributed by atoms with Crippen molar-refractivity contribution in [1.29, 1.82) is 0 Å². The van der Waals surface area contributed by atoms with Crippen LogP contribution >= 0.6 is 11.8 Å². The smallest absolute Gasteiger partial charge is 0.240 e. The number of thioether (sulfide) groups is 1. The molecule has 4 aromatic rings. The number of nitrogens with one attached hydrogen (secondary N) is 1. The summed E-state index contributed by atoms with van der Waals surface area (Å²) in [4.78, 5) is 28.3. The summed E-state index contributed by atoms with van der Waals surface area (Å²) in [7, 11) is 0. The van der Waals surface area contributed by atoms with Crippen LogP contribution in [0.2, 0.25) is 0 Å². The van der Waals surface area contributed by atoms with E-state index in [2.05, 4.69) is 5.32 Å². The number of aryl methyl sites for hydroxylation is 2. The number of hydrogen-bond acceptors (Lipinski definition) is 4. The number of rotatable bonds is 7. The zero-order valence-electron chi connectivity index (χ0n) is 23.4. The van der Waals surface area contributed by atoms with Gasteiger partial charge in [0.1, 0.15) is 24.0 Å². The topological polar surface area (TPSA) is 67.2 Å². The lowest BCUT2D eigenvalue weighted by Gasteiger charge is -2.24. The van der Waals surface area contributed by atoms with E-state index >= 15 is 4.39 Å². The Morgan fingerprint density at radius 1 is 1.07 bits per heavy atom. The second kappa shape index (κ2) is 11.9. The first-order valence-electron chi connectivity index (χ1n) is 13.5. The van der Waals surface area contributed by atoms with Gasteiger partial charge in [-0.3, -0.25) is 14.5 Å². The maximum absolute atomic E-state index is 15.4. The van der Waals surface area contributed by atoms with Gasteiger partial charge < -0.3 is 5.32 Å². The molecular formula is C32H32F2N4O2S. The molecule has 41 heavy (non-hydrogen) atoms. The van der Waals surface area contributed by atoms with Crippen molar-refractivity contribution in [2.75, 3.05) is 23.7 Å². The molecule has 0 aliphatic carbocycles. The van der Waals surface area contributed by atoms with E-state index in [1.807, 2.05) is 76.2 Å². The molecule has 5 rings (SSSR count). The van der Waals surface area contributed by atoms with Crippen LogP contribution in [0.15, 0.2) is 66.7 Å². The normalized spacial score (nSPS) is 15.1. The van der Waals surface area contributed by atoms with Crippen LogP contribution in [-0.2, 0) is 9.59 Å². The molecule has 0 saturated heterocycles. The molecule has 3 aromatic carbocycles. The molecule has 0 bridgehead atoms. The first-order valence-corrected chi connectivity index (χ1v) is 14.6. The second-order valence-corrected chi connectivity index (χ2v) is 11.8. The van der Waals surface area contributed by atoms with Crippen molar-refractivity contribution >= 4 is 29.4 Å². The van der Waals surface area contributed by atoms with E-state index < -0.39 is 16.9 Å². The molecule has 1 aromatic heterocycles. The van der Waals surface area contributed by atoms with Crippen molar-refractivity contribution in [2.24, 2.45) is 5.92 Å². The molecule has 1 aliphatic rings. The summed E-state index contributed by atoms with van der Waals surface area (Å²) in [6, 6.07) is 18.9. The molecular weight excluding hydrogens is 542 g/mol. The number of anilines is 1. The van der Waals surface area contributed by atoms with E-state index in [1.165, 1.54) is 28.8 Å². The van der Waals surface area contributed by atoms with Gasteiger partial charge in [0.25, 0.3) is 0 Å². The number of amides is 2. The summed E-state index contributed by atoms with van der Waals surface area (Å²) in [6.45, 7) is 8.20. The average Bonchev–Trinajstić information content (AvgIpc) is 3.25. The molecule has 0 radical (unpaired) electrons. The lowest BCUT2D eigenvalue weighted by atomic mass is 9.99. The Morgan fingerprint density at radius 2 is 1.83 bits per heavy atom. The quantitative estimate of drug-likeness (QED) is 0.278. The maximum atomic E-state index is 15.4. The van der Waals surface area contributed by atoms with Gasteiger partial charge >= 0.3 is 0 Å². The van der Waals surface area contributed by atoms with Crippen molar-refractivity contribution in [3.05, 3.63) is 101 Å². The zero-order chi connectivity index (χ0) is 29.3. The minimum Gasteiger partial charge on any atom is -0.354 e. The molecule has 212 valence electrons. The zero-order valence-corrected chi connectivity index (χ0v) is 24.3. The van der Waals surface area contributed by atoms with Gasteiger partial charge in [-0.2, -0.15) is 5.10 Å². The van der Waals surface area contributed by atoms with Crippen molar-refractivity contribution in [2.45, 2.75) is 32.9 Å². The van der Waals surface area contributed by atoms with Crippen LogP contribution in [0.1, 0.15) is 41.4 Å². The van der Waals surface area contributed by atoms with Gasteiger partial charge in [-0.15, -0.1) is 11.8 Å². The molecule has 0 spiro atoms. The van der Waals surface area contributed by atoms with Crippen LogP contribution in [0, 0.1) is 31.4 Å². The Hall–Kier alpha value is -3.98. The van der Waals surface area contributed by atoms with E-state index in [1.54, 1.807) is 4.68 Å². The number of halogens is 2.